The van der Waals surface area contributed by atoms with E-state index in [9.17, 15) is 0 Å². The van der Waals surface area contributed by atoms with E-state index in [0.29, 0.717) is 6.04 Å². The van der Waals surface area contributed by atoms with Crippen LogP contribution >= 0.6 is 0 Å². The highest BCUT2D eigenvalue weighted by Crippen LogP contribution is 2.29. The Morgan fingerprint density at radius 1 is 1.60 bits per heavy atom. The Hall–Kier alpha value is -0.0800. The zero-order valence-electron chi connectivity index (χ0n) is 6.88. The molecule has 0 unspecified atom stereocenters. The minimum atomic E-state index is 0.281. The Balaban J connectivity index is 2.11. The van der Waals surface area contributed by atoms with Crippen molar-refractivity contribution >= 4 is 0 Å². The van der Waals surface area contributed by atoms with Crippen LogP contribution in [-0.4, -0.2) is 36.2 Å². The molecular weight excluding hydrogens is 126 g/mol. The van der Waals surface area contributed by atoms with Crippen LogP contribution in [0.3, 0.4) is 0 Å². The molecule has 60 valence electrons. The van der Waals surface area contributed by atoms with E-state index >= 15 is 0 Å². The lowest BCUT2D eigenvalue weighted by Crippen LogP contribution is -2.33. The Labute approximate surface area is 62.8 Å². The number of rotatable bonds is 4. The zero-order chi connectivity index (χ0) is 7.56. The monoisotopic (exact) mass is 143 g/mol. The first-order chi connectivity index (χ1) is 4.74. The molecule has 10 heavy (non-hydrogen) atoms. The third-order valence-electron chi connectivity index (χ3n) is 2.26. The molecule has 0 aliphatic heterocycles. The average Bonchev–Trinajstić information content (AvgIpc) is 2.70. The number of likely N-dealkylation sites (N-methyl/N-ethyl adjacent to an activating group) is 1. The predicted octanol–water partition coefficient (Wildman–Crippen LogP) is 0.709. The van der Waals surface area contributed by atoms with E-state index in [-0.39, 0.29) is 6.61 Å². The van der Waals surface area contributed by atoms with Gasteiger partial charge in [-0.2, -0.15) is 0 Å². The van der Waals surface area contributed by atoms with Crippen LogP contribution in [0.25, 0.3) is 0 Å². The highest BCUT2D eigenvalue weighted by molar-refractivity contribution is 4.77. The number of hydrogen-bond acceptors (Lipinski definition) is 2. The lowest BCUT2D eigenvalue weighted by atomic mass is 10.3. The number of hydrogen-bond donors (Lipinski definition) is 1. The van der Waals surface area contributed by atoms with Gasteiger partial charge in [0, 0.05) is 12.6 Å². The van der Waals surface area contributed by atoms with Crippen molar-refractivity contribution in [2.75, 3.05) is 20.2 Å². The van der Waals surface area contributed by atoms with Crippen molar-refractivity contribution in [2.24, 2.45) is 5.92 Å². The molecule has 0 saturated heterocycles. The molecule has 0 aromatic heterocycles. The van der Waals surface area contributed by atoms with E-state index in [1.807, 2.05) is 0 Å². The fourth-order valence-corrected chi connectivity index (χ4v) is 1.03. The Bertz CT molecular complexity index is 101. The summed E-state index contributed by atoms with van der Waals surface area (Å²) < 4.78 is 0. The second-order valence-electron chi connectivity index (χ2n) is 3.41. The van der Waals surface area contributed by atoms with Gasteiger partial charge in [0.1, 0.15) is 0 Å². The van der Waals surface area contributed by atoms with Gasteiger partial charge >= 0.3 is 0 Å². The van der Waals surface area contributed by atoms with Crippen molar-refractivity contribution in [1.82, 2.24) is 4.90 Å². The van der Waals surface area contributed by atoms with Crippen LogP contribution in [0.2, 0.25) is 0 Å². The quantitative estimate of drug-likeness (QED) is 0.626. The Kier molecular flexibility index (Phi) is 2.69. The van der Waals surface area contributed by atoms with Crippen molar-refractivity contribution < 1.29 is 5.11 Å². The van der Waals surface area contributed by atoms with Crippen LogP contribution < -0.4 is 0 Å². The first-order valence-corrected chi connectivity index (χ1v) is 4.05. The maximum absolute atomic E-state index is 8.80. The molecule has 1 fully saturated rings. The highest BCUT2D eigenvalue weighted by atomic mass is 16.3. The summed E-state index contributed by atoms with van der Waals surface area (Å²) in [5.41, 5.74) is 0. The van der Waals surface area contributed by atoms with Gasteiger partial charge in [0.2, 0.25) is 0 Å². The molecule has 2 nitrogen and oxygen atoms in total. The third-order valence-corrected chi connectivity index (χ3v) is 2.26. The summed E-state index contributed by atoms with van der Waals surface area (Å²) >= 11 is 0. The second-order valence-corrected chi connectivity index (χ2v) is 3.41. The summed E-state index contributed by atoms with van der Waals surface area (Å²) in [6.45, 7) is 3.51. The van der Waals surface area contributed by atoms with E-state index in [0.717, 1.165) is 5.92 Å². The van der Waals surface area contributed by atoms with E-state index in [2.05, 4.69) is 18.9 Å². The summed E-state index contributed by atoms with van der Waals surface area (Å²) in [5, 5.41) is 8.80. The van der Waals surface area contributed by atoms with Gasteiger partial charge < -0.3 is 10.0 Å². The third kappa shape index (κ3) is 2.27. The fourth-order valence-electron chi connectivity index (χ4n) is 1.03. The lowest BCUT2D eigenvalue weighted by Gasteiger charge is -2.22. The minimum absolute atomic E-state index is 0.281. The van der Waals surface area contributed by atoms with E-state index in [1.54, 1.807) is 0 Å². The van der Waals surface area contributed by atoms with Crippen molar-refractivity contribution in [3.8, 4) is 0 Å². The van der Waals surface area contributed by atoms with Gasteiger partial charge in [-0.05, 0) is 32.7 Å². The molecule has 0 amide bonds. The summed E-state index contributed by atoms with van der Waals surface area (Å²) in [5.74, 6) is 0.930. The molecular formula is C8H17NO. The molecule has 1 saturated carbocycles. The fraction of sp³-hybridized carbons (Fsp3) is 1.00. The van der Waals surface area contributed by atoms with Crippen LogP contribution in [0.5, 0.6) is 0 Å². The van der Waals surface area contributed by atoms with E-state index < -0.39 is 0 Å². The average molecular weight is 143 g/mol. The van der Waals surface area contributed by atoms with Crippen molar-refractivity contribution in [3.05, 3.63) is 0 Å². The van der Waals surface area contributed by atoms with Gasteiger partial charge in [-0.1, -0.05) is 0 Å². The van der Waals surface area contributed by atoms with Crippen molar-refractivity contribution in [3.63, 3.8) is 0 Å². The summed E-state index contributed by atoms with van der Waals surface area (Å²) in [7, 11) is 2.08. The molecule has 1 atom stereocenters. The molecule has 0 aromatic rings. The van der Waals surface area contributed by atoms with Crippen LogP contribution in [-0.2, 0) is 0 Å². The molecule has 0 bridgehead atoms. The summed E-state index contributed by atoms with van der Waals surface area (Å²) in [6, 6.07) is 0.334. The van der Waals surface area contributed by atoms with Crippen LogP contribution in [0.4, 0.5) is 0 Å². The van der Waals surface area contributed by atoms with Gasteiger partial charge in [-0.25, -0.2) is 0 Å². The highest BCUT2D eigenvalue weighted by Gasteiger charge is 2.24. The molecule has 1 rings (SSSR count). The van der Waals surface area contributed by atoms with Crippen LogP contribution in [0.1, 0.15) is 19.8 Å². The van der Waals surface area contributed by atoms with E-state index in [1.165, 1.54) is 19.4 Å². The first kappa shape index (κ1) is 8.02. The second kappa shape index (κ2) is 3.35. The zero-order valence-corrected chi connectivity index (χ0v) is 6.88. The number of aliphatic hydroxyl groups excluding tert-OH is 1. The standard InChI is InChI=1S/C8H17NO/c1-7(6-10)9(2)5-8-3-4-8/h7-8,10H,3-6H2,1-2H3/t7-/m0/s1. The molecule has 0 radical (unpaired) electrons. The number of aliphatic hydroxyl groups is 1. The molecule has 1 aliphatic rings. The smallest absolute Gasteiger partial charge is 0.0584 e. The molecule has 1 N–H and O–H groups in total. The topological polar surface area (TPSA) is 23.5 Å². The molecule has 1 aliphatic carbocycles. The van der Waals surface area contributed by atoms with Crippen LogP contribution in [0.15, 0.2) is 0 Å². The molecule has 0 heterocycles. The van der Waals surface area contributed by atoms with Gasteiger partial charge in [-0.15, -0.1) is 0 Å². The van der Waals surface area contributed by atoms with Gasteiger partial charge in [0.25, 0.3) is 0 Å². The molecule has 0 aromatic carbocycles. The minimum Gasteiger partial charge on any atom is -0.395 e. The maximum atomic E-state index is 8.80. The van der Waals surface area contributed by atoms with Crippen molar-refractivity contribution in [1.29, 1.82) is 0 Å². The Morgan fingerprint density at radius 2 is 2.20 bits per heavy atom. The summed E-state index contributed by atoms with van der Waals surface area (Å²) in [4.78, 5) is 2.23. The molecule has 0 spiro atoms. The van der Waals surface area contributed by atoms with Crippen LogP contribution in [0, 0.1) is 5.92 Å². The Morgan fingerprint density at radius 3 is 2.60 bits per heavy atom. The maximum Gasteiger partial charge on any atom is 0.0584 e. The van der Waals surface area contributed by atoms with E-state index in [4.69, 9.17) is 5.11 Å². The SMILES string of the molecule is C[C@@H](CO)N(C)CC1CC1. The normalized spacial score (nSPS) is 21.6. The lowest BCUT2D eigenvalue weighted by molar-refractivity contribution is 0.155. The summed E-state index contributed by atoms with van der Waals surface area (Å²) in [6.07, 6.45) is 2.78. The first-order valence-electron chi connectivity index (χ1n) is 4.05. The van der Waals surface area contributed by atoms with Crippen molar-refractivity contribution in [2.45, 2.75) is 25.8 Å². The predicted molar refractivity (Wildman–Crippen MR) is 41.9 cm³/mol. The largest absolute Gasteiger partial charge is 0.395 e. The molecule has 2 heteroatoms. The van der Waals surface area contributed by atoms with Gasteiger partial charge in [0.05, 0.1) is 6.61 Å². The number of nitrogens with zero attached hydrogens (tertiary/aromatic N) is 1. The van der Waals surface area contributed by atoms with Gasteiger partial charge in [-0.3, -0.25) is 0 Å². The van der Waals surface area contributed by atoms with Gasteiger partial charge in [0.15, 0.2) is 0 Å².